The Morgan fingerprint density at radius 2 is 2.11 bits per heavy atom. The molecule has 7 heteroatoms. The first-order chi connectivity index (χ1) is 13.3. The predicted octanol–water partition coefficient (Wildman–Crippen LogP) is 3.30. The molecule has 1 aromatic heterocycles. The lowest BCUT2D eigenvalue weighted by Crippen LogP contribution is -2.66. The number of H-pyrrole nitrogens is 1. The fourth-order valence-electron chi connectivity index (χ4n) is 6.86. The number of ether oxygens (including phenoxy) is 2. The fourth-order valence-corrected chi connectivity index (χ4v) is 6.86. The van der Waals surface area contributed by atoms with Crippen molar-refractivity contribution in [2.75, 3.05) is 11.9 Å². The van der Waals surface area contributed by atoms with E-state index in [0.717, 1.165) is 32.1 Å². The van der Waals surface area contributed by atoms with E-state index in [0.29, 0.717) is 17.8 Å². The minimum absolute atomic E-state index is 0.0511. The highest BCUT2D eigenvalue weighted by molar-refractivity contribution is 5.35. The van der Waals surface area contributed by atoms with Crippen molar-refractivity contribution in [3.05, 3.63) is 22.5 Å². The molecule has 3 unspecified atom stereocenters. The molecule has 0 aromatic carbocycles. The van der Waals surface area contributed by atoms with Crippen LogP contribution >= 0.6 is 0 Å². The summed E-state index contributed by atoms with van der Waals surface area (Å²) in [7, 11) is 0. The van der Waals surface area contributed by atoms with E-state index in [9.17, 15) is 9.18 Å². The zero-order chi connectivity index (χ0) is 19.7. The van der Waals surface area contributed by atoms with E-state index in [4.69, 9.17) is 9.47 Å². The maximum atomic E-state index is 14.2. The first-order valence-electron chi connectivity index (χ1n) is 10.6. The molecule has 5 aliphatic rings. The number of nitrogens with one attached hydrogen (secondary N) is 2. The van der Waals surface area contributed by atoms with Gasteiger partial charge < -0.3 is 14.8 Å². The molecular weight excluding hydrogens is 361 g/mol. The fraction of sp³-hybridized carbons (Fsp3) is 0.810. The van der Waals surface area contributed by atoms with Gasteiger partial charge in [-0.25, -0.2) is 9.18 Å². The molecule has 0 radical (unpaired) electrons. The number of fused-ring (bicyclic) bond motifs is 2. The lowest BCUT2D eigenvalue weighted by atomic mass is 9.50. The van der Waals surface area contributed by atoms with Crippen molar-refractivity contribution >= 4 is 5.82 Å². The van der Waals surface area contributed by atoms with Gasteiger partial charge in [0.1, 0.15) is 12.0 Å². The van der Waals surface area contributed by atoms with E-state index in [2.05, 4.69) is 36.1 Å². The molecule has 3 saturated heterocycles. The van der Waals surface area contributed by atoms with Gasteiger partial charge in [0.15, 0.2) is 5.82 Å². The molecule has 4 heterocycles. The Bertz CT molecular complexity index is 831. The third kappa shape index (κ3) is 2.58. The molecule has 2 bridgehead atoms. The van der Waals surface area contributed by atoms with Crippen LogP contribution in [-0.4, -0.2) is 34.5 Å². The van der Waals surface area contributed by atoms with Gasteiger partial charge in [-0.2, -0.15) is 4.98 Å². The van der Waals surface area contributed by atoms with Crippen LogP contribution in [0.3, 0.4) is 0 Å². The van der Waals surface area contributed by atoms with Gasteiger partial charge in [0.25, 0.3) is 0 Å². The molecule has 1 spiro atoms. The Morgan fingerprint density at radius 1 is 1.29 bits per heavy atom. The maximum Gasteiger partial charge on any atom is 0.346 e. The summed E-state index contributed by atoms with van der Waals surface area (Å²) in [6.07, 6.45) is 6.23. The molecule has 5 fully saturated rings. The summed E-state index contributed by atoms with van der Waals surface area (Å²) in [6.45, 7) is 7.56. The van der Waals surface area contributed by atoms with E-state index < -0.39 is 11.5 Å². The first kappa shape index (κ1) is 18.6. The van der Waals surface area contributed by atoms with Gasteiger partial charge in [0, 0.05) is 17.8 Å². The summed E-state index contributed by atoms with van der Waals surface area (Å²) in [5.41, 5.74) is -0.654. The van der Waals surface area contributed by atoms with Crippen LogP contribution in [0.25, 0.3) is 0 Å². The largest absolute Gasteiger partial charge is 0.374 e. The molecule has 28 heavy (non-hydrogen) atoms. The lowest BCUT2D eigenvalue weighted by molar-refractivity contribution is -0.281. The Kier molecular flexibility index (Phi) is 4.15. The van der Waals surface area contributed by atoms with Crippen molar-refractivity contribution < 1.29 is 13.9 Å². The van der Waals surface area contributed by atoms with Crippen molar-refractivity contribution in [3.8, 4) is 0 Å². The third-order valence-corrected chi connectivity index (χ3v) is 8.35. The monoisotopic (exact) mass is 391 g/mol. The predicted molar refractivity (Wildman–Crippen MR) is 102 cm³/mol. The van der Waals surface area contributed by atoms with Crippen LogP contribution in [0.15, 0.2) is 11.0 Å². The van der Waals surface area contributed by atoms with Crippen molar-refractivity contribution in [1.29, 1.82) is 0 Å². The molecular formula is C21H30FN3O3. The highest BCUT2D eigenvalue weighted by Gasteiger charge is 2.65. The quantitative estimate of drug-likeness (QED) is 0.809. The molecule has 1 aromatic rings. The average molecular weight is 391 g/mol. The molecule has 6 rings (SSSR count). The summed E-state index contributed by atoms with van der Waals surface area (Å²) >= 11 is 0. The van der Waals surface area contributed by atoms with Crippen LogP contribution in [0, 0.1) is 34.9 Å². The Morgan fingerprint density at radius 3 is 2.93 bits per heavy atom. The van der Waals surface area contributed by atoms with E-state index in [1.807, 2.05) is 0 Å². The second-order valence-corrected chi connectivity index (χ2v) is 9.82. The van der Waals surface area contributed by atoms with Gasteiger partial charge >= 0.3 is 5.69 Å². The highest BCUT2D eigenvalue weighted by atomic mass is 19.1. The number of nitrogens with zero attached hydrogens (tertiary/aromatic N) is 1. The van der Waals surface area contributed by atoms with Crippen LogP contribution < -0.4 is 11.0 Å². The highest BCUT2D eigenvalue weighted by Crippen LogP contribution is 2.64. The van der Waals surface area contributed by atoms with Crippen LogP contribution in [0.1, 0.15) is 52.9 Å². The smallest absolute Gasteiger partial charge is 0.346 e. The summed E-state index contributed by atoms with van der Waals surface area (Å²) in [5.74, 6) is 1.44. The van der Waals surface area contributed by atoms with E-state index in [1.54, 1.807) is 0 Å². The molecule has 2 aliphatic carbocycles. The van der Waals surface area contributed by atoms with Gasteiger partial charge in [-0.15, -0.1) is 0 Å². The number of aromatic nitrogens is 2. The normalized spacial score (nSPS) is 47.3. The maximum absolute atomic E-state index is 14.2. The van der Waals surface area contributed by atoms with Crippen molar-refractivity contribution in [1.82, 2.24) is 9.97 Å². The van der Waals surface area contributed by atoms with Gasteiger partial charge in [0.2, 0.25) is 0 Å². The number of hydrogen-bond acceptors (Lipinski definition) is 5. The SMILES string of the molecule is C[C@H]1C(Nc2[nH]c(=O)ncc2F)O[C@@H]2CC3(C)CC[C@H]4[C@H](C)CCC1[C@@]24CO3. The molecule has 3 aliphatic heterocycles. The van der Waals surface area contributed by atoms with E-state index in [-0.39, 0.29) is 35.1 Å². The second-order valence-electron chi connectivity index (χ2n) is 9.82. The lowest BCUT2D eigenvalue weighted by Gasteiger charge is -2.63. The Balaban J connectivity index is 1.51. The summed E-state index contributed by atoms with van der Waals surface area (Å²) in [6, 6.07) is 0. The minimum Gasteiger partial charge on any atom is -0.374 e. The molecule has 6 nitrogen and oxygen atoms in total. The topological polar surface area (TPSA) is 76.2 Å². The van der Waals surface area contributed by atoms with E-state index in [1.165, 1.54) is 12.8 Å². The van der Waals surface area contributed by atoms with Crippen LogP contribution in [0.4, 0.5) is 10.2 Å². The first-order valence-corrected chi connectivity index (χ1v) is 10.6. The van der Waals surface area contributed by atoms with Gasteiger partial charge in [0.05, 0.1) is 24.5 Å². The average Bonchev–Trinajstić information content (AvgIpc) is 2.88. The number of halogens is 1. The summed E-state index contributed by atoms with van der Waals surface area (Å²) < 4.78 is 27.3. The van der Waals surface area contributed by atoms with E-state index >= 15 is 0 Å². The van der Waals surface area contributed by atoms with Gasteiger partial charge in [-0.05, 0) is 43.9 Å². The van der Waals surface area contributed by atoms with Gasteiger partial charge in [-0.3, -0.25) is 4.98 Å². The second kappa shape index (κ2) is 6.26. The van der Waals surface area contributed by atoms with Crippen molar-refractivity contribution in [2.24, 2.45) is 29.1 Å². The number of hydrogen-bond donors (Lipinski definition) is 2. The summed E-state index contributed by atoms with van der Waals surface area (Å²) in [5, 5.41) is 3.14. The van der Waals surface area contributed by atoms with Gasteiger partial charge in [-0.1, -0.05) is 20.3 Å². The van der Waals surface area contributed by atoms with Crippen molar-refractivity contribution in [3.63, 3.8) is 0 Å². The molecule has 0 amide bonds. The zero-order valence-corrected chi connectivity index (χ0v) is 16.8. The number of anilines is 1. The summed E-state index contributed by atoms with van der Waals surface area (Å²) in [4.78, 5) is 17.5. The minimum atomic E-state index is -0.566. The number of rotatable bonds is 2. The van der Waals surface area contributed by atoms with Crippen LogP contribution in [0.2, 0.25) is 0 Å². The zero-order valence-electron chi connectivity index (χ0n) is 16.8. The number of aromatic amines is 1. The Labute approximate surface area is 164 Å². The molecule has 8 atom stereocenters. The van der Waals surface area contributed by atoms with Crippen molar-refractivity contribution in [2.45, 2.75) is 70.8 Å². The third-order valence-electron chi connectivity index (χ3n) is 8.35. The molecule has 2 saturated carbocycles. The van der Waals surface area contributed by atoms with Crippen LogP contribution in [-0.2, 0) is 9.47 Å². The molecule has 154 valence electrons. The standard InChI is InChI=1S/C21H30FN3O3/c1-11-4-5-14-12(2)18(24-17-15(22)9-23-19(26)25-17)28-16-8-20(3)7-6-13(11)21(14,16)10-27-20/h9,11-14,16,18H,4-8,10H2,1-3H3,(H2,23,24,25,26)/t11-,12-,13+,14?,16-,18?,20?,21+/m1/s1. The Hall–Kier alpha value is -1.47. The molecule has 2 N–H and O–H groups in total. The van der Waals surface area contributed by atoms with Crippen LogP contribution in [0.5, 0.6) is 0 Å².